The highest BCUT2D eigenvalue weighted by Crippen LogP contribution is 2.16. The van der Waals surface area contributed by atoms with Gasteiger partial charge in [0.25, 0.3) is 0 Å². The van der Waals surface area contributed by atoms with Crippen molar-refractivity contribution in [3.05, 3.63) is 41.1 Å². The molecule has 0 heterocycles. The zero-order chi connectivity index (χ0) is 17.4. The van der Waals surface area contributed by atoms with Crippen LogP contribution in [0.4, 0.5) is 5.69 Å². The van der Waals surface area contributed by atoms with Crippen molar-refractivity contribution in [1.82, 2.24) is 0 Å². The minimum absolute atomic E-state index is 0.232. The van der Waals surface area contributed by atoms with Gasteiger partial charge in [-0.05, 0) is 38.1 Å². The molecule has 0 radical (unpaired) electrons. The highest BCUT2D eigenvalue weighted by Gasteiger charge is 2.23. The van der Waals surface area contributed by atoms with Crippen LogP contribution >= 0.6 is 0 Å². The van der Waals surface area contributed by atoms with Crippen molar-refractivity contribution in [1.29, 1.82) is 0 Å². The summed E-state index contributed by atoms with van der Waals surface area (Å²) in [4.78, 5) is 34.9. The second kappa shape index (κ2) is 8.57. The number of carbonyl (C=O) groups is 3. The Morgan fingerprint density at radius 3 is 1.96 bits per heavy atom. The minimum Gasteiger partial charge on any atom is -0.465 e. The van der Waals surface area contributed by atoms with E-state index in [1.165, 1.54) is 14.2 Å². The van der Waals surface area contributed by atoms with Crippen LogP contribution in [0.2, 0.25) is 0 Å². The minimum atomic E-state index is -0.801. The predicted octanol–water partition coefficient (Wildman–Crippen LogP) is 1.90. The number of rotatable bonds is 6. The fourth-order valence-electron chi connectivity index (χ4n) is 1.78. The summed E-state index contributed by atoms with van der Waals surface area (Å²) in [6, 6.07) is 6.40. The van der Waals surface area contributed by atoms with E-state index in [9.17, 15) is 14.4 Å². The third-order valence-electron chi connectivity index (χ3n) is 2.88. The first-order chi connectivity index (χ1) is 10.9. The zero-order valence-electron chi connectivity index (χ0n) is 13.5. The van der Waals surface area contributed by atoms with Gasteiger partial charge in [-0.2, -0.15) is 0 Å². The van der Waals surface area contributed by atoms with Gasteiger partial charge < -0.3 is 19.5 Å². The van der Waals surface area contributed by atoms with E-state index in [1.807, 2.05) is 0 Å². The zero-order valence-corrected chi connectivity index (χ0v) is 13.5. The molecule has 7 nitrogen and oxygen atoms in total. The van der Waals surface area contributed by atoms with Crippen LogP contribution in [0.3, 0.4) is 0 Å². The number of allylic oxidation sites excluding steroid dienone is 1. The molecule has 0 amide bonds. The Kier molecular flexibility index (Phi) is 6.79. The molecule has 0 aromatic heterocycles. The first kappa shape index (κ1) is 18.2. The summed E-state index contributed by atoms with van der Waals surface area (Å²) in [6.45, 7) is 3.56. The maximum absolute atomic E-state index is 11.7. The number of ether oxygens (including phenoxy) is 3. The third kappa shape index (κ3) is 4.84. The van der Waals surface area contributed by atoms with Gasteiger partial charge in [-0.15, -0.1) is 0 Å². The molecule has 0 saturated heterocycles. The first-order valence-corrected chi connectivity index (χ1v) is 6.86. The second-order valence-corrected chi connectivity index (χ2v) is 4.41. The molecular formula is C16H19NO6. The lowest BCUT2D eigenvalue weighted by atomic mass is 10.1. The number of methoxy groups -OCH3 is 2. The molecule has 0 saturated carbocycles. The van der Waals surface area contributed by atoms with E-state index < -0.39 is 17.9 Å². The van der Waals surface area contributed by atoms with Gasteiger partial charge in [0.2, 0.25) is 0 Å². The Morgan fingerprint density at radius 1 is 1.00 bits per heavy atom. The second-order valence-electron chi connectivity index (χ2n) is 4.41. The van der Waals surface area contributed by atoms with E-state index in [0.717, 1.165) is 0 Å². The van der Waals surface area contributed by atoms with Crippen LogP contribution in [-0.2, 0) is 23.8 Å². The number of carbonyl (C=O) groups excluding carboxylic acids is 3. The first-order valence-electron chi connectivity index (χ1n) is 6.86. The Hall–Kier alpha value is -2.83. The van der Waals surface area contributed by atoms with Gasteiger partial charge in [0.1, 0.15) is 0 Å². The van der Waals surface area contributed by atoms with Crippen LogP contribution in [0, 0.1) is 0 Å². The van der Waals surface area contributed by atoms with Crippen molar-refractivity contribution in [3.63, 3.8) is 0 Å². The maximum atomic E-state index is 11.7. The summed E-state index contributed by atoms with van der Waals surface area (Å²) in [5, 5.41) is 2.90. The largest absolute Gasteiger partial charge is 0.465 e. The lowest BCUT2D eigenvalue weighted by Gasteiger charge is -2.11. The molecule has 1 rings (SSSR count). The molecule has 1 aromatic carbocycles. The normalized spacial score (nSPS) is 9.57. The summed E-state index contributed by atoms with van der Waals surface area (Å²) >= 11 is 0. The Morgan fingerprint density at radius 2 is 1.52 bits per heavy atom. The lowest BCUT2D eigenvalue weighted by Crippen LogP contribution is -2.20. The molecule has 23 heavy (non-hydrogen) atoms. The van der Waals surface area contributed by atoms with Crippen molar-refractivity contribution >= 4 is 23.6 Å². The fourth-order valence-corrected chi connectivity index (χ4v) is 1.78. The molecule has 0 bridgehead atoms. The number of esters is 3. The number of anilines is 1. The van der Waals surface area contributed by atoms with Gasteiger partial charge >= 0.3 is 17.9 Å². The van der Waals surface area contributed by atoms with Crippen molar-refractivity contribution in [3.8, 4) is 0 Å². The standard InChI is InChI=1S/C16H19NO6/c1-5-23-14(18)11-6-8-12(9-7-11)17-10(2)13(15(19)21-3)16(20)22-4/h6-9,17H,5H2,1-4H3. The average Bonchev–Trinajstić information content (AvgIpc) is 2.55. The monoisotopic (exact) mass is 321 g/mol. The van der Waals surface area contributed by atoms with Crippen LogP contribution < -0.4 is 5.32 Å². The molecule has 1 aromatic rings. The summed E-state index contributed by atoms with van der Waals surface area (Å²) in [5.41, 5.74) is 1.03. The summed E-state index contributed by atoms with van der Waals surface area (Å²) in [7, 11) is 2.35. The van der Waals surface area contributed by atoms with E-state index in [-0.39, 0.29) is 11.3 Å². The molecule has 124 valence electrons. The van der Waals surface area contributed by atoms with Crippen LogP contribution in [0.25, 0.3) is 0 Å². The number of benzene rings is 1. The van der Waals surface area contributed by atoms with E-state index in [2.05, 4.69) is 14.8 Å². The van der Waals surface area contributed by atoms with Gasteiger partial charge in [0, 0.05) is 11.4 Å². The van der Waals surface area contributed by atoms with Crippen LogP contribution in [-0.4, -0.2) is 38.7 Å². The van der Waals surface area contributed by atoms with Crippen molar-refractivity contribution < 1.29 is 28.6 Å². The maximum Gasteiger partial charge on any atom is 0.347 e. The summed E-state index contributed by atoms with van der Waals surface area (Å²) in [6.07, 6.45) is 0. The van der Waals surface area contributed by atoms with E-state index in [4.69, 9.17) is 4.74 Å². The van der Waals surface area contributed by atoms with E-state index in [1.54, 1.807) is 38.1 Å². The van der Waals surface area contributed by atoms with Gasteiger partial charge in [-0.1, -0.05) is 0 Å². The number of hydrogen-bond acceptors (Lipinski definition) is 7. The average molecular weight is 321 g/mol. The van der Waals surface area contributed by atoms with Gasteiger partial charge in [-0.3, -0.25) is 0 Å². The molecule has 0 spiro atoms. The Labute approximate surface area is 134 Å². The molecule has 0 aliphatic rings. The van der Waals surface area contributed by atoms with Gasteiger partial charge in [-0.25, -0.2) is 14.4 Å². The molecule has 1 N–H and O–H groups in total. The topological polar surface area (TPSA) is 90.9 Å². The van der Waals surface area contributed by atoms with Crippen LogP contribution in [0.5, 0.6) is 0 Å². The summed E-state index contributed by atoms with van der Waals surface area (Å²) in [5.74, 6) is -2.02. The molecule has 0 atom stereocenters. The van der Waals surface area contributed by atoms with Crippen molar-refractivity contribution in [2.75, 3.05) is 26.1 Å². The van der Waals surface area contributed by atoms with Crippen molar-refractivity contribution in [2.24, 2.45) is 0 Å². The van der Waals surface area contributed by atoms with Crippen molar-refractivity contribution in [2.45, 2.75) is 13.8 Å². The molecule has 0 aliphatic carbocycles. The smallest absolute Gasteiger partial charge is 0.347 e. The number of nitrogens with one attached hydrogen (secondary N) is 1. The van der Waals surface area contributed by atoms with Gasteiger partial charge in [0.15, 0.2) is 5.57 Å². The van der Waals surface area contributed by atoms with Crippen LogP contribution in [0.1, 0.15) is 24.2 Å². The molecule has 0 fully saturated rings. The summed E-state index contributed by atoms with van der Waals surface area (Å²) < 4.78 is 14.0. The fraction of sp³-hybridized carbons (Fsp3) is 0.312. The number of hydrogen-bond donors (Lipinski definition) is 1. The molecule has 0 aliphatic heterocycles. The molecule has 0 unspecified atom stereocenters. The SMILES string of the molecule is CCOC(=O)c1ccc(NC(C)=C(C(=O)OC)C(=O)OC)cc1. The Balaban J connectivity index is 3.00. The highest BCUT2D eigenvalue weighted by atomic mass is 16.5. The van der Waals surface area contributed by atoms with Gasteiger partial charge in [0.05, 0.1) is 26.4 Å². The third-order valence-corrected chi connectivity index (χ3v) is 2.88. The highest BCUT2D eigenvalue weighted by molar-refractivity contribution is 6.15. The lowest BCUT2D eigenvalue weighted by molar-refractivity contribution is -0.144. The van der Waals surface area contributed by atoms with E-state index >= 15 is 0 Å². The quantitative estimate of drug-likeness (QED) is 0.281. The van der Waals surface area contributed by atoms with Crippen LogP contribution in [0.15, 0.2) is 35.5 Å². The molecular weight excluding hydrogens is 302 g/mol. The molecule has 7 heteroatoms. The predicted molar refractivity (Wildman–Crippen MR) is 82.8 cm³/mol. The van der Waals surface area contributed by atoms with E-state index in [0.29, 0.717) is 17.9 Å². The Bertz CT molecular complexity index is 600.